The first-order valence-electron chi connectivity index (χ1n) is 5.50. The Balaban J connectivity index is 2.40. The van der Waals surface area contributed by atoms with Crippen molar-refractivity contribution in [2.45, 2.75) is 6.18 Å². The number of carbonyl (C=O) groups is 1. The van der Waals surface area contributed by atoms with E-state index in [2.05, 4.69) is 20.9 Å². The van der Waals surface area contributed by atoms with Gasteiger partial charge in [-0.3, -0.25) is 4.98 Å². The van der Waals surface area contributed by atoms with Gasteiger partial charge in [-0.2, -0.15) is 13.2 Å². The summed E-state index contributed by atoms with van der Waals surface area (Å²) in [5, 5.41) is 8.79. The molecule has 8 heteroatoms. The van der Waals surface area contributed by atoms with Crippen LogP contribution in [-0.2, 0) is 6.18 Å². The van der Waals surface area contributed by atoms with E-state index in [9.17, 15) is 18.0 Å². The monoisotopic (exact) mass is 361 g/mol. The van der Waals surface area contributed by atoms with Crippen LogP contribution in [0.25, 0.3) is 0 Å². The lowest BCUT2D eigenvalue weighted by Gasteiger charge is -2.12. The van der Waals surface area contributed by atoms with Gasteiger partial charge < -0.3 is 9.84 Å². The largest absolute Gasteiger partial charge is 0.478 e. The summed E-state index contributed by atoms with van der Waals surface area (Å²) in [5.74, 6) is -1.56. The molecular formula is C13H7BrF3NO3. The molecule has 21 heavy (non-hydrogen) atoms. The number of halogens is 4. The summed E-state index contributed by atoms with van der Waals surface area (Å²) in [7, 11) is 0. The number of aromatic carboxylic acids is 1. The van der Waals surface area contributed by atoms with E-state index < -0.39 is 23.3 Å². The van der Waals surface area contributed by atoms with Crippen molar-refractivity contribution in [3.63, 3.8) is 0 Å². The first-order chi connectivity index (χ1) is 9.77. The summed E-state index contributed by atoms with van der Waals surface area (Å²) in [6, 6.07) is 4.17. The Kier molecular flexibility index (Phi) is 4.17. The number of carboxylic acid groups (broad SMARTS) is 1. The van der Waals surface area contributed by atoms with E-state index in [1.54, 1.807) is 0 Å². The molecule has 1 heterocycles. The summed E-state index contributed by atoms with van der Waals surface area (Å²) >= 11 is 3.15. The number of hydrogen-bond acceptors (Lipinski definition) is 3. The van der Waals surface area contributed by atoms with Crippen molar-refractivity contribution in [2.24, 2.45) is 0 Å². The minimum absolute atomic E-state index is 0.132. The lowest BCUT2D eigenvalue weighted by Crippen LogP contribution is -2.12. The highest BCUT2D eigenvalue weighted by Gasteiger charge is 2.35. The van der Waals surface area contributed by atoms with E-state index in [1.165, 1.54) is 18.5 Å². The van der Waals surface area contributed by atoms with Crippen LogP contribution in [0.1, 0.15) is 15.9 Å². The van der Waals surface area contributed by atoms with Crippen molar-refractivity contribution in [1.82, 2.24) is 4.98 Å². The Bertz CT molecular complexity index is 689. The second kappa shape index (κ2) is 5.72. The standard InChI is InChI=1S/C13H7BrF3NO3/c14-7-3-9(6-18-5-7)21-8-1-2-10(12(19)20)11(4-8)13(15,16)17/h1-6H,(H,19,20). The number of aromatic nitrogens is 1. The zero-order chi connectivity index (χ0) is 15.6. The summed E-state index contributed by atoms with van der Waals surface area (Å²) in [6.07, 6.45) is -1.98. The van der Waals surface area contributed by atoms with E-state index in [0.717, 1.165) is 12.1 Å². The van der Waals surface area contributed by atoms with Crippen molar-refractivity contribution >= 4 is 21.9 Å². The number of pyridine rings is 1. The Morgan fingerprint density at radius 1 is 1.19 bits per heavy atom. The highest BCUT2D eigenvalue weighted by atomic mass is 79.9. The molecule has 4 nitrogen and oxygen atoms in total. The Hall–Kier alpha value is -2.09. The number of nitrogens with zero attached hydrogens (tertiary/aromatic N) is 1. The van der Waals surface area contributed by atoms with Crippen LogP contribution < -0.4 is 4.74 Å². The maximum Gasteiger partial charge on any atom is 0.417 e. The molecule has 0 amide bonds. The molecule has 0 aliphatic carbocycles. The van der Waals surface area contributed by atoms with E-state index in [-0.39, 0.29) is 11.5 Å². The van der Waals surface area contributed by atoms with E-state index in [4.69, 9.17) is 9.84 Å². The van der Waals surface area contributed by atoms with Crippen molar-refractivity contribution in [3.8, 4) is 11.5 Å². The predicted octanol–water partition coefficient (Wildman–Crippen LogP) is 4.35. The molecule has 2 aromatic rings. The molecule has 0 radical (unpaired) electrons. The molecule has 0 saturated carbocycles. The lowest BCUT2D eigenvalue weighted by atomic mass is 10.1. The quantitative estimate of drug-likeness (QED) is 0.882. The van der Waals surface area contributed by atoms with Gasteiger partial charge in [0, 0.05) is 10.7 Å². The molecule has 2 rings (SSSR count). The fourth-order valence-electron chi connectivity index (χ4n) is 1.59. The van der Waals surface area contributed by atoms with Gasteiger partial charge >= 0.3 is 12.1 Å². The van der Waals surface area contributed by atoms with Crippen LogP contribution in [0.15, 0.2) is 41.1 Å². The first kappa shape index (κ1) is 15.3. The molecule has 1 aromatic heterocycles. The molecule has 0 saturated heterocycles. The van der Waals surface area contributed by atoms with Gasteiger partial charge in [0.15, 0.2) is 0 Å². The Morgan fingerprint density at radius 2 is 1.90 bits per heavy atom. The van der Waals surface area contributed by atoms with Crippen LogP contribution in [0.3, 0.4) is 0 Å². The SMILES string of the molecule is O=C(O)c1ccc(Oc2cncc(Br)c2)cc1C(F)(F)F. The minimum Gasteiger partial charge on any atom is -0.478 e. The molecule has 0 spiro atoms. The van der Waals surface area contributed by atoms with Crippen LogP contribution >= 0.6 is 15.9 Å². The third kappa shape index (κ3) is 3.72. The average molecular weight is 362 g/mol. The average Bonchev–Trinajstić information content (AvgIpc) is 2.37. The zero-order valence-corrected chi connectivity index (χ0v) is 11.8. The van der Waals surface area contributed by atoms with E-state index >= 15 is 0 Å². The van der Waals surface area contributed by atoms with Crippen molar-refractivity contribution in [1.29, 1.82) is 0 Å². The lowest BCUT2D eigenvalue weighted by molar-refractivity contribution is -0.138. The smallest absolute Gasteiger partial charge is 0.417 e. The maximum absolute atomic E-state index is 12.9. The number of hydrogen-bond donors (Lipinski definition) is 1. The molecular weight excluding hydrogens is 355 g/mol. The van der Waals surface area contributed by atoms with Crippen LogP contribution in [0.4, 0.5) is 13.2 Å². The number of ether oxygens (including phenoxy) is 1. The molecule has 0 bridgehead atoms. The minimum atomic E-state index is -4.79. The molecule has 0 aliphatic heterocycles. The Labute approximate surface area is 125 Å². The predicted molar refractivity (Wildman–Crippen MR) is 70.4 cm³/mol. The highest BCUT2D eigenvalue weighted by molar-refractivity contribution is 9.10. The van der Waals surface area contributed by atoms with Crippen LogP contribution in [0.2, 0.25) is 0 Å². The molecule has 0 fully saturated rings. The van der Waals surface area contributed by atoms with Crippen molar-refractivity contribution < 1.29 is 27.8 Å². The van der Waals surface area contributed by atoms with E-state index in [0.29, 0.717) is 10.5 Å². The number of carboxylic acids is 1. The second-order valence-electron chi connectivity index (χ2n) is 3.95. The molecule has 0 unspecified atom stereocenters. The molecule has 1 N–H and O–H groups in total. The third-order valence-corrected chi connectivity index (χ3v) is 2.88. The topological polar surface area (TPSA) is 59.4 Å². The summed E-state index contributed by atoms with van der Waals surface area (Å²) < 4.78 is 44.4. The van der Waals surface area contributed by atoms with Gasteiger partial charge in [-0.05, 0) is 40.2 Å². The molecule has 0 atom stereocenters. The first-order valence-corrected chi connectivity index (χ1v) is 6.29. The summed E-state index contributed by atoms with van der Waals surface area (Å²) in [6.45, 7) is 0. The fourth-order valence-corrected chi connectivity index (χ4v) is 1.94. The number of alkyl halides is 3. The maximum atomic E-state index is 12.9. The van der Waals surface area contributed by atoms with Crippen molar-refractivity contribution in [3.05, 3.63) is 52.3 Å². The zero-order valence-electron chi connectivity index (χ0n) is 10.2. The molecule has 1 aromatic carbocycles. The second-order valence-corrected chi connectivity index (χ2v) is 4.87. The van der Waals surface area contributed by atoms with Gasteiger partial charge in [-0.15, -0.1) is 0 Å². The van der Waals surface area contributed by atoms with E-state index in [1.807, 2.05) is 0 Å². The van der Waals surface area contributed by atoms with Gasteiger partial charge in [0.05, 0.1) is 17.3 Å². The Morgan fingerprint density at radius 3 is 2.48 bits per heavy atom. The summed E-state index contributed by atoms with van der Waals surface area (Å²) in [5.41, 5.74) is -2.10. The fraction of sp³-hybridized carbons (Fsp3) is 0.0769. The van der Waals surface area contributed by atoms with Crippen molar-refractivity contribution in [2.75, 3.05) is 0 Å². The van der Waals surface area contributed by atoms with Crippen LogP contribution in [0.5, 0.6) is 11.5 Å². The van der Waals surface area contributed by atoms with Gasteiger partial charge in [0.2, 0.25) is 0 Å². The van der Waals surface area contributed by atoms with Crippen LogP contribution in [0, 0.1) is 0 Å². The highest BCUT2D eigenvalue weighted by Crippen LogP contribution is 2.35. The van der Waals surface area contributed by atoms with Gasteiger partial charge in [-0.1, -0.05) is 0 Å². The molecule has 0 aliphatic rings. The third-order valence-electron chi connectivity index (χ3n) is 2.44. The normalized spacial score (nSPS) is 11.2. The van der Waals surface area contributed by atoms with Gasteiger partial charge in [-0.25, -0.2) is 4.79 Å². The van der Waals surface area contributed by atoms with Crippen LogP contribution in [-0.4, -0.2) is 16.1 Å². The van der Waals surface area contributed by atoms with Gasteiger partial charge in [0.25, 0.3) is 0 Å². The number of rotatable bonds is 3. The number of benzene rings is 1. The van der Waals surface area contributed by atoms with Gasteiger partial charge in [0.1, 0.15) is 11.5 Å². The summed E-state index contributed by atoms with van der Waals surface area (Å²) in [4.78, 5) is 14.6. The molecule has 110 valence electrons.